The van der Waals surface area contributed by atoms with Gasteiger partial charge in [-0.2, -0.15) is 0 Å². The number of hydrogen-bond donors (Lipinski definition) is 1. The molecule has 1 nitrogen and oxygen atoms in total. The third-order valence-electron chi connectivity index (χ3n) is 1.50. The average molecular weight is 161 g/mol. The maximum atomic E-state index is 7.57. The minimum absolute atomic E-state index is 0.137. The second kappa shape index (κ2) is 11.9. The highest BCUT2D eigenvalue weighted by Crippen LogP contribution is 2.01. The van der Waals surface area contributed by atoms with Gasteiger partial charge < -0.3 is 5.11 Å². The highest BCUT2D eigenvalue weighted by molar-refractivity contribution is 6.58. The smallest absolute Gasteiger partial charge is 0.0470 e. The predicted octanol–water partition coefficient (Wildman–Crippen LogP) is 2.54. The van der Waals surface area contributed by atoms with Crippen molar-refractivity contribution in [3.8, 4) is 0 Å². The van der Waals surface area contributed by atoms with E-state index in [1.807, 2.05) is 0 Å². The minimum Gasteiger partial charge on any atom is -0.397 e. The predicted molar refractivity (Wildman–Crippen MR) is 50.0 cm³/mol. The molecule has 2 heteroatoms. The van der Waals surface area contributed by atoms with Gasteiger partial charge >= 0.3 is 0 Å². The van der Waals surface area contributed by atoms with E-state index >= 15 is 0 Å². The minimum atomic E-state index is 0.137. The summed E-state index contributed by atoms with van der Waals surface area (Å²) in [6.07, 6.45) is 0. The summed E-state index contributed by atoms with van der Waals surface area (Å²) in [5, 5.41) is 7.57. The van der Waals surface area contributed by atoms with Crippen molar-refractivity contribution in [1.29, 1.82) is 0 Å². The van der Waals surface area contributed by atoms with E-state index in [0.717, 1.165) is 0 Å². The largest absolute Gasteiger partial charge is 0.397 e. The first-order chi connectivity index (χ1) is 4.76. The number of aliphatic hydroxyl groups excluding tert-OH is 1. The Morgan fingerprint density at radius 1 is 0.900 bits per heavy atom. The summed E-state index contributed by atoms with van der Waals surface area (Å²) >= 11 is 0. The van der Waals surface area contributed by atoms with E-state index in [1.165, 1.54) is 18.1 Å². The lowest BCUT2D eigenvalue weighted by atomic mass is 10.9. The zero-order valence-electron chi connectivity index (χ0n) is 7.78. The Kier molecular flexibility index (Phi) is 15.3. The van der Waals surface area contributed by atoms with Crippen LogP contribution in [-0.2, 0) is 0 Å². The second-order valence-corrected chi connectivity index (χ2v) is 5.75. The maximum Gasteiger partial charge on any atom is 0.0470 e. The van der Waals surface area contributed by atoms with Crippen molar-refractivity contribution in [3.05, 3.63) is 0 Å². The van der Waals surface area contributed by atoms with Gasteiger partial charge in [-0.15, -0.1) is 0 Å². The Morgan fingerprint density at radius 2 is 1.10 bits per heavy atom. The molecule has 0 bridgehead atoms. The molecule has 0 aromatic carbocycles. The van der Waals surface area contributed by atoms with Crippen molar-refractivity contribution < 1.29 is 5.11 Å². The first-order valence-corrected chi connectivity index (χ1v) is 6.33. The van der Waals surface area contributed by atoms with Gasteiger partial charge in [-0.1, -0.05) is 38.9 Å². The molecule has 0 aromatic rings. The highest BCUT2D eigenvalue weighted by Gasteiger charge is 1.98. The lowest BCUT2D eigenvalue weighted by Gasteiger charge is -2.02. The van der Waals surface area contributed by atoms with E-state index in [0.29, 0.717) is 0 Å². The summed E-state index contributed by atoms with van der Waals surface area (Å²) in [5.74, 6) is 0. The zero-order chi connectivity index (χ0) is 8.41. The number of hydrogen-bond acceptors (Lipinski definition) is 1. The number of aliphatic hydroxyl groups is 1. The molecule has 0 aromatic heterocycles. The average Bonchev–Trinajstić information content (AvgIpc) is 1.93. The van der Waals surface area contributed by atoms with E-state index in [1.54, 1.807) is 6.92 Å². The van der Waals surface area contributed by atoms with Crippen molar-refractivity contribution in [2.24, 2.45) is 0 Å². The van der Waals surface area contributed by atoms with E-state index in [2.05, 4.69) is 20.8 Å². The SMILES string of the molecule is CCO.CC[Si](CC)CC. The summed E-state index contributed by atoms with van der Waals surface area (Å²) in [6, 6.07) is 4.37. The molecule has 0 rings (SSSR count). The first kappa shape index (κ1) is 12.8. The Balaban J connectivity index is 0. The van der Waals surface area contributed by atoms with Gasteiger partial charge in [0, 0.05) is 15.4 Å². The van der Waals surface area contributed by atoms with Crippen LogP contribution < -0.4 is 0 Å². The van der Waals surface area contributed by atoms with Gasteiger partial charge in [0.05, 0.1) is 0 Å². The first-order valence-electron chi connectivity index (χ1n) is 4.21. The monoisotopic (exact) mass is 161 g/mol. The normalized spacial score (nSPS) is 9.00. The molecule has 10 heavy (non-hydrogen) atoms. The summed E-state index contributed by atoms with van der Waals surface area (Å²) in [6.45, 7) is 8.85. The van der Waals surface area contributed by atoms with Gasteiger partial charge in [-0.05, 0) is 6.92 Å². The molecule has 0 fully saturated rings. The molecular weight excluding hydrogens is 140 g/mol. The Labute approximate surface area is 67.1 Å². The van der Waals surface area contributed by atoms with Gasteiger partial charge in [0.15, 0.2) is 0 Å². The molecule has 0 heterocycles. The summed E-state index contributed by atoms with van der Waals surface area (Å²) < 4.78 is 0. The van der Waals surface area contributed by atoms with E-state index in [4.69, 9.17) is 5.11 Å². The Morgan fingerprint density at radius 3 is 1.10 bits per heavy atom. The molecule has 0 atom stereocenters. The fourth-order valence-corrected chi connectivity index (χ4v) is 2.25. The van der Waals surface area contributed by atoms with Crippen molar-refractivity contribution in [3.63, 3.8) is 0 Å². The molecule has 0 unspecified atom stereocenters. The summed E-state index contributed by atoms with van der Waals surface area (Å²) in [5.41, 5.74) is 0. The molecule has 0 amide bonds. The number of rotatable bonds is 3. The molecule has 0 saturated heterocycles. The lowest BCUT2D eigenvalue weighted by Crippen LogP contribution is -2.04. The van der Waals surface area contributed by atoms with Crippen LogP contribution in [0.25, 0.3) is 0 Å². The fourth-order valence-electron chi connectivity index (χ4n) is 0.750. The van der Waals surface area contributed by atoms with E-state index in [9.17, 15) is 0 Å². The van der Waals surface area contributed by atoms with Crippen LogP contribution in [0.1, 0.15) is 27.7 Å². The van der Waals surface area contributed by atoms with Crippen LogP contribution >= 0.6 is 0 Å². The van der Waals surface area contributed by atoms with Gasteiger partial charge in [0.2, 0.25) is 0 Å². The molecule has 1 radical (unpaired) electrons. The van der Waals surface area contributed by atoms with Crippen molar-refractivity contribution >= 4 is 8.80 Å². The molecule has 0 aliphatic carbocycles. The van der Waals surface area contributed by atoms with Crippen molar-refractivity contribution in [1.82, 2.24) is 0 Å². The third-order valence-corrected chi connectivity index (χ3v) is 4.50. The zero-order valence-corrected chi connectivity index (χ0v) is 8.78. The highest BCUT2D eigenvalue weighted by atomic mass is 28.3. The van der Waals surface area contributed by atoms with Gasteiger partial charge in [-0.25, -0.2) is 0 Å². The Bertz CT molecular complexity index is 39.0. The molecule has 1 N–H and O–H groups in total. The van der Waals surface area contributed by atoms with E-state index < -0.39 is 0 Å². The molecule has 0 aliphatic heterocycles. The molecular formula is C8H21OSi. The second-order valence-electron chi connectivity index (χ2n) is 2.13. The molecule has 0 spiro atoms. The Hall–Kier alpha value is 0.177. The lowest BCUT2D eigenvalue weighted by molar-refractivity contribution is 0.318. The van der Waals surface area contributed by atoms with Crippen LogP contribution in [0.2, 0.25) is 18.1 Å². The van der Waals surface area contributed by atoms with Crippen molar-refractivity contribution in [2.45, 2.75) is 45.8 Å². The maximum absolute atomic E-state index is 7.57. The summed E-state index contributed by atoms with van der Waals surface area (Å²) in [7, 11) is 0.137. The van der Waals surface area contributed by atoms with Crippen molar-refractivity contribution in [2.75, 3.05) is 6.61 Å². The van der Waals surface area contributed by atoms with E-state index in [-0.39, 0.29) is 15.4 Å². The van der Waals surface area contributed by atoms with Crippen LogP contribution in [0.15, 0.2) is 0 Å². The topological polar surface area (TPSA) is 20.2 Å². The summed E-state index contributed by atoms with van der Waals surface area (Å²) in [4.78, 5) is 0. The quantitative estimate of drug-likeness (QED) is 0.631. The molecule has 63 valence electrons. The van der Waals surface area contributed by atoms with Crippen LogP contribution in [0.5, 0.6) is 0 Å². The van der Waals surface area contributed by atoms with Gasteiger partial charge in [0.25, 0.3) is 0 Å². The standard InChI is InChI=1S/C6H15Si.C2H6O/c1-4-7(5-2)6-3;1-2-3/h4-6H2,1-3H3;3H,2H2,1H3. The van der Waals surface area contributed by atoms with Crippen LogP contribution in [0.4, 0.5) is 0 Å². The third kappa shape index (κ3) is 11.0. The fraction of sp³-hybridized carbons (Fsp3) is 1.00. The van der Waals surface area contributed by atoms with Crippen LogP contribution in [-0.4, -0.2) is 20.5 Å². The van der Waals surface area contributed by atoms with Gasteiger partial charge in [0.1, 0.15) is 0 Å². The van der Waals surface area contributed by atoms with Crippen LogP contribution in [0, 0.1) is 0 Å². The molecule has 0 saturated carbocycles. The molecule has 0 aliphatic rings. The van der Waals surface area contributed by atoms with Gasteiger partial charge in [-0.3, -0.25) is 0 Å². The van der Waals surface area contributed by atoms with Crippen LogP contribution in [0.3, 0.4) is 0 Å².